The van der Waals surface area contributed by atoms with Crippen LogP contribution < -0.4 is 5.32 Å². The maximum absolute atomic E-state index is 12.0. The summed E-state index contributed by atoms with van der Waals surface area (Å²) in [6, 6.07) is 1.33. The summed E-state index contributed by atoms with van der Waals surface area (Å²) in [4.78, 5) is 12.9. The van der Waals surface area contributed by atoms with Crippen molar-refractivity contribution in [2.45, 2.75) is 31.3 Å². The average molecular weight is 338 g/mol. The number of hydrogen-bond acceptors (Lipinski definition) is 5. The first kappa shape index (κ1) is 15.8. The lowest BCUT2D eigenvalue weighted by Gasteiger charge is -2.14. The van der Waals surface area contributed by atoms with Gasteiger partial charge >= 0.3 is 0 Å². The summed E-state index contributed by atoms with van der Waals surface area (Å²) < 4.78 is 28.1. The molecule has 0 bridgehead atoms. The number of thiophene rings is 1. The molecule has 20 heavy (non-hydrogen) atoms. The number of amides is 1. The summed E-state index contributed by atoms with van der Waals surface area (Å²) in [6.07, 6.45) is 1.06. The number of hydrogen-bond donors (Lipinski definition) is 1. The molecule has 1 aromatic heterocycles. The van der Waals surface area contributed by atoms with Gasteiger partial charge in [0.1, 0.15) is 0 Å². The summed E-state index contributed by atoms with van der Waals surface area (Å²) in [7, 11) is 1.51. The normalized spacial score (nSPS) is 22.9. The van der Waals surface area contributed by atoms with Gasteiger partial charge in [-0.3, -0.25) is 4.79 Å². The fraction of sp³-hybridized carbons (Fsp3) is 0.583. The standard InChI is InChI=1S/C12H16ClNO4S2/c1-7-9(3-4-18-7)6-14-12(15)10-5-11(8(2)19-10)20(13,16)17/h5,7,9H,3-4,6H2,1-2H3,(H,14,15). The highest BCUT2D eigenvalue weighted by molar-refractivity contribution is 8.13. The largest absolute Gasteiger partial charge is 0.378 e. The molecule has 2 atom stereocenters. The number of rotatable bonds is 4. The number of carbonyl (C=O) groups is 1. The Kier molecular flexibility index (Phi) is 4.73. The highest BCUT2D eigenvalue weighted by atomic mass is 35.7. The van der Waals surface area contributed by atoms with Crippen molar-refractivity contribution in [2.75, 3.05) is 13.2 Å². The smallest absolute Gasteiger partial charge is 0.262 e. The van der Waals surface area contributed by atoms with Gasteiger partial charge in [0.15, 0.2) is 0 Å². The predicted molar refractivity (Wildman–Crippen MR) is 77.9 cm³/mol. The van der Waals surface area contributed by atoms with E-state index in [1.165, 1.54) is 6.07 Å². The molecule has 5 nitrogen and oxygen atoms in total. The highest BCUT2D eigenvalue weighted by Crippen LogP contribution is 2.28. The van der Waals surface area contributed by atoms with Crippen molar-refractivity contribution < 1.29 is 17.9 Å². The molecule has 2 rings (SSSR count). The van der Waals surface area contributed by atoms with Crippen LogP contribution in [0.1, 0.15) is 27.9 Å². The Morgan fingerprint density at radius 3 is 2.80 bits per heavy atom. The minimum absolute atomic E-state index is 0.00637. The van der Waals surface area contributed by atoms with Gasteiger partial charge in [-0.25, -0.2) is 8.42 Å². The second-order valence-corrected chi connectivity index (χ2v) is 8.59. The van der Waals surface area contributed by atoms with Crippen LogP contribution in [0.3, 0.4) is 0 Å². The molecule has 0 spiro atoms. The second kappa shape index (κ2) is 6.01. The molecule has 0 radical (unpaired) electrons. The van der Waals surface area contributed by atoms with Crippen LogP contribution in [0, 0.1) is 12.8 Å². The molecule has 1 amide bonds. The van der Waals surface area contributed by atoms with Crippen LogP contribution >= 0.6 is 22.0 Å². The summed E-state index contributed by atoms with van der Waals surface area (Å²) in [5, 5.41) is 2.82. The van der Waals surface area contributed by atoms with Crippen molar-refractivity contribution in [3.8, 4) is 0 Å². The molecular formula is C12H16ClNO4S2. The van der Waals surface area contributed by atoms with Crippen LogP contribution in [0.15, 0.2) is 11.0 Å². The Balaban J connectivity index is 2.03. The lowest BCUT2D eigenvalue weighted by Crippen LogP contribution is -2.31. The molecule has 2 unspecified atom stereocenters. The van der Waals surface area contributed by atoms with E-state index < -0.39 is 9.05 Å². The van der Waals surface area contributed by atoms with Crippen LogP contribution in [-0.2, 0) is 13.8 Å². The van der Waals surface area contributed by atoms with Gasteiger partial charge in [0.25, 0.3) is 15.0 Å². The van der Waals surface area contributed by atoms with Gasteiger partial charge in [0.05, 0.1) is 15.9 Å². The number of nitrogens with one attached hydrogen (secondary N) is 1. The van der Waals surface area contributed by atoms with Gasteiger partial charge < -0.3 is 10.1 Å². The Morgan fingerprint density at radius 2 is 2.30 bits per heavy atom. The van der Waals surface area contributed by atoms with Crippen molar-refractivity contribution in [3.63, 3.8) is 0 Å². The summed E-state index contributed by atoms with van der Waals surface area (Å²) in [5.74, 6) is 0.0278. The van der Waals surface area contributed by atoms with Gasteiger partial charge in [-0.15, -0.1) is 11.3 Å². The SMILES string of the molecule is Cc1sc(C(=O)NCC2CCOC2C)cc1S(=O)(=O)Cl. The number of aryl methyl sites for hydroxylation is 1. The first-order chi connectivity index (χ1) is 9.29. The zero-order valence-electron chi connectivity index (χ0n) is 11.2. The molecule has 2 heterocycles. The molecule has 1 saturated heterocycles. The molecule has 0 aromatic carbocycles. The number of ether oxygens (including phenoxy) is 1. The highest BCUT2D eigenvalue weighted by Gasteiger charge is 2.25. The van der Waals surface area contributed by atoms with Gasteiger partial charge in [-0.1, -0.05) is 0 Å². The molecule has 1 N–H and O–H groups in total. The molecule has 0 saturated carbocycles. The van der Waals surface area contributed by atoms with Crippen molar-refractivity contribution in [1.29, 1.82) is 0 Å². The molecule has 1 aliphatic heterocycles. The summed E-state index contributed by atoms with van der Waals surface area (Å²) in [6.45, 7) is 4.86. The van der Waals surface area contributed by atoms with Gasteiger partial charge in [0.2, 0.25) is 0 Å². The number of halogens is 1. The minimum Gasteiger partial charge on any atom is -0.378 e. The van der Waals surface area contributed by atoms with Gasteiger partial charge in [-0.2, -0.15) is 0 Å². The molecule has 1 fully saturated rings. The van der Waals surface area contributed by atoms with Crippen LogP contribution in [0.2, 0.25) is 0 Å². The Bertz CT molecular complexity index is 611. The Labute approximate surface area is 126 Å². The van der Waals surface area contributed by atoms with Crippen LogP contribution in [-0.4, -0.2) is 33.6 Å². The first-order valence-corrected chi connectivity index (χ1v) is 9.36. The van der Waals surface area contributed by atoms with Crippen LogP contribution in [0.25, 0.3) is 0 Å². The van der Waals surface area contributed by atoms with Crippen LogP contribution in [0.4, 0.5) is 0 Å². The maximum atomic E-state index is 12.0. The Hall–Kier alpha value is -0.630. The third-order valence-corrected chi connectivity index (χ3v) is 6.04. The molecule has 112 valence electrons. The topological polar surface area (TPSA) is 72.5 Å². The molecule has 1 aromatic rings. The summed E-state index contributed by atoms with van der Waals surface area (Å²) in [5.41, 5.74) is 0. The van der Waals surface area contributed by atoms with Crippen molar-refractivity contribution in [2.24, 2.45) is 5.92 Å². The number of carbonyl (C=O) groups excluding carboxylic acids is 1. The molecule has 1 aliphatic rings. The van der Waals surface area contributed by atoms with E-state index in [9.17, 15) is 13.2 Å². The van der Waals surface area contributed by atoms with E-state index in [0.29, 0.717) is 28.8 Å². The molecule has 0 aliphatic carbocycles. The fourth-order valence-electron chi connectivity index (χ4n) is 2.17. The van der Waals surface area contributed by atoms with E-state index in [4.69, 9.17) is 15.4 Å². The van der Waals surface area contributed by atoms with Crippen molar-refractivity contribution >= 4 is 37.0 Å². The quantitative estimate of drug-likeness (QED) is 0.854. The van der Waals surface area contributed by atoms with E-state index in [0.717, 1.165) is 17.8 Å². The van der Waals surface area contributed by atoms with E-state index in [1.54, 1.807) is 6.92 Å². The Morgan fingerprint density at radius 1 is 1.60 bits per heavy atom. The van der Waals surface area contributed by atoms with E-state index in [2.05, 4.69) is 5.32 Å². The lowest BCUT2D eigenvalue weighted by atomic mass is 10.0. The second-order valence-electron chi connectivity index (χ2n) is 4.80. The monoisotopic (exact) mass is 337 g/mol. The van der Waals surface area contributed by atoms with Gasteiger partial charge in [-0.05, 0) is 26.3 Å². The average Bonchev–Trinajstić information content (AvgIpc) is 2.92. The maximum Gasteiger partial charge on any atom is 0.262 e. The molecular weight excluding hydrogens is 322 g/mol. The van der Waals surface area contributed by atoms with E-state index in [-0.39, 0.29) is 16.9 Å². The zero-order valence-corrected chi connectivity index (χ0v) is 13.6. The lowest BCUT2D eigenvalue weighted by molar-refractivity contribution is 0.0910. The first-order valence-electron chi connectivity index (χ1n) is 6.24. The molecule has 8 heteroatoms. The zero-order chi connectivity index (χ0) is 14.9. The van der Waals surface area contributed by atoms with E-state index in [1.807, 2.05) is 6.92 Å². The van der Waals surface area contributed by atoms with Gasteiger partial charge in [0, 0.05) is 34.6 Å². The van der Waals surface area contributed by atoms with Crippen molar-refractivity contribution in [3.05, 3.63) is 15.8 Å². The van der Waals surface area contributed by atoms with Crippen molar-refractivity contribution in [1.82, 2.24) is 5.32 Å². The predicted octanol–water partition coefficient (Wildman–Crippen LogP) is 2.14. The van der Waals surface area contributed by atoms with E-state index >= 15 is 0 Å². The van der Waals surface area contributed by atoms with Crippen LogP contribution in [0.5, 0.6) is 0 Å². The third-order valence-electron chi connectivity index (χ3n) is 3.42. The third kappa shape index (κ3) is 3.52. The fourth-order valence-corrected chi connectivity index (χ4v) is 4.75. The summed E-state index contributed by atoms with van der Waals surface area (Å²) >= 11 is 1.13. The minimum atomic E-state index is -3.80.